The number of nitrogens with one attached hydrogen (secondary N) is 1. The van der Waals surface area contributed by atoms with Crippen LogP contribution in [0.2, 0.25) is 0 Å². The van der Waals surface area contributed by atoms with Crippen LogP contribution in [0, 0.1) is 0 Å². The van der Waals surface area contributed by atoms with Gasteiger partial charge in [0, 0.05) is 0 Å². The van der Waals surface area contributed by atoms with Crippen LogP contribution in [-0.2, 0) is 9.47 Å². The van der Waals surface area contributed by atoms with Crippen LogP contribution in [0.15, 0.2) is 0 Å². The van der Waals surface area contributed by atoms with Crippen LogP contribution in [-0.4, -0.2) is 31.5 Å². The molecule has 1 amide bonds. The molecule has 4 heteroatoms. The fraction of sp³-hybridized carbons (Fsp3) is 0.875. The van der Waals surface area contributed by atoms with Crippen LogP contribution >= 0.6 is 0 Å². The Balaban J connectivity index is 1.86. The molecule has 0 radical (unpaired) electrons. The summed E-state index contributed by atoms with van der Waals surface area (Å²) in [5.41, 5.74) is 0. The van der Waals surface area contributed by atoms with Crippen molar-refractivity contribution in [3.63, 3.8) is 0 Å². The quantitative estimate of drug-likeness (QED) is 0.630. The van der Waals surface area contributed by atoms with Crippen molar-refractivity contribution in [1.29, 1.82) is 0 Å². The molecule has 4 nitrogen and oxygen atoms in total. The molecule has 0 aromatic carbocycles. The maximum absolute atomic E-state index is 10.9. The maximum atomic E-state index is 10.9. The van der Waals surface area contributed by atoms with E-state index in [0.717, 1.165) is 19.3 Å². The molecule has 68 valence electrons. The molecule has 2 heterocycles. The van der Waals surface area contributed by atoms with Crippen LogP contribution in [0.1, 0.15) is 19.3 Å². The normalized spacial score (nSPS) is 38.2. The first kappa shape index (κ1) is 7.86. The molecule has 0 aromatic rings. The van der Waals surface area contributed by atoms with Crippen LogP contribution < -0.4 is 5.32 Å². The number of alkyl carbamates (subject to hydrolysis) is 1. The highest BCUT2D eigenvalue weighted by atomic mass is 16.5. The molecule has 2 aliphatic heterocycles. The molecule has 0 aromatic heterocycles. The molecule has 0 spiro atoms. The van der Waals surface area contributed by atoms with Crippen LogP contribution in [0.4, 0.5) is 4.79 Å². The van der Waals surface area contributed by atoms with Crippen molar-refractivity contribution in [3.05, 3.63) is 0 Å². The van der Waals surface area contributed by atoms with Gasteiger partial charge in [-0.15, -0.1) is 0 Å². The Hall–Kier alpha value is -0.770. The van der Waals surface area contributed by atoms with E-state index in [1.807, 2.05) is 0 Å². The second-order valence-corrected chi connectivity index (χ2v) is 3.35. The predicted octanol–water partition coefficient (Wildman–Crippen LogP) is 0.662. The first-order chi connectivity index (χ1) is 5.79. The molecular weight excluding hydrogens is 158 g/mol. The Morgan fingerprint density at radius 3 is 2.92 bits per heavy atom. The number of carbonyl (C=O) groups is 1. The lowest BCUT2D eigenvalue weighted by molar-refractivity contribution is 0.0954. The van der Waals surface area contributed by atoms with Gasteiger partial charge in [-0.05, 0) is 19.3 Å². The predicted molar refractivity (Wildman–Crippen MR) is 41.8 cm³/mol. The topological polar surface area (TPSA) is 47.6 Å². The molecule has 0 aliphatic carbocycles. The lowest BCUT2D eigenvalue weighted by Gasteiger charge is -2.18. The third-order valence-corrected chi connectivity index (χ3v) is 2.59. The molecule has 2 saturated heterocycles. The summed E-state index contributed by atoms with van der Waals surface area (Å²) in [5, 5.41) is 2.77. The van der Waals surface area contributed by atoms with E-state index in [1.54, 1.807) is 0 Å². The molecule has 2 rings (SSSR count). The lowest BCUT2D eigenvalue weighted by Crippen LogP contribution is -2.41. The summed E-state index contributed by atoms with van der Waals surface area (Å²) in [5.74, 6) is 0. The Kier molecular flexibility index (Phi) is 1.92. The van der Waals surface area contributed by atoms with E-state index in [4.69, 9.17) is 4.74 Å². The largest absolute Gasteiger partial charge is 0.453 e. The zero-order valence-electron chi connectivity index (χ0n) is 7.08. The summed E-state index contributed by atoms with van der Waals surface area (Å²) in [6.07, 6.45) is 3.41. The van der Waals surface area contributed by atoms with Crippen molar-refractivity contribution >= 4 is 6.09 Å². The first-order valence-electron chi connectivity index (χ1n) is 4.29. The highest BCUT2D eigenvalue weighted by Gasteiger charge is 2.41. The second kappa shape index (κ2) is 2.94. The smallest absolute Gasteiger partial charge is 0.407 e. The van der Waals surface area contributed by atoms with E-state index in [1.165, 1.54) is 7.11 Å². The number of fused-ring (bicyclic) bond motifs is 2. The minimum absolute atomic E-state index is 0.177. The van der Waals surface area contributed by atoms with Crippen LogP contribution in [0.5, 0.6) is 0 Å². The molecule has 2 bridgehead atoms. The SMILES string of the molecule is COC(=O)N[C@H]1CC2CCC1O2. The van der Waals surface area contributed by atoms with Gasteiger partial charge in [0.05, 0.1) is 25.4 Å². The Morgan fingerprint density at radius 1 is 1.58 bits per heavy atom. The van der Waals surface area contributed by atoms with E-state index in [9.17, 15) is 4.79 Å². The molecule has 2 aliphatic rings. The van der Waals surface area contributed by atoms with Gasteiger partial charge in [0.1, 0.15) is 0 Å². The van der Waals surface area contributed by atoms with Gasteiger partial charge in [-0.3, -0.25) is 0 Å². The molecule has 3 atom stereocenters. The summed E-state index contributed by atoms with van der Waals surface area (Å²) in [6.45, 7) is 0. The van der Waals surface area contributed by atoms with E-state index < -0.39 is 0 Å². The highest BCUT2D eigenvalue weighted by Crippen LogP contribution is 2.34. The maximum Gasteiger partial charge on any atom is 0.407 e. The zero-order valence-corrected chi connectivity index (χ0v) is 7.08. The summed E-state index contributed by atoms with van der Waals surface area (Å²) < 4.78 is 10.1. The second-order valence-electron chi connectivity index (χ2n) is 3.35. The van der Waals surface area contributed by atoms with Gasteiger partial charge in [-0.25, -0.2) is 4.79 Å². The van der Waals surface area contributed by atoms with E-state index >= 15 is 0 Å². The van der Waals surface area contributed by atoms with Crippen molar-refractivity contribution in [2.45, 2.75) is 37.5 Å². The van der Waals surface area contributed by atoms with Crippen molar-refractivity contribution < 1.29 is 14.3 Å². The van der Waals surface area contributed by atoms with Gasteiger partial charge in [0.25, 0.3) is 0 Å². The zero-order chi connectivity index (χ0) is 8.55. The summed E-state index contributed by atoms with van der Waals surface area (Å²) >= 11 is 0. The third kappa shape index (κ3) is 1.27. The minimum Gasteiger partial charge on any atom is -0.453 e. The number of methoxy groups -OCH3 is 1. The number of carbonyl (C=O) groups excluding carboxylic acids is 1. The standard InChI is InChI=1S/C8H13NO3/c1-11-8(10)9-6-4-5-2-3-7(6)12-5/h5-7H,2-4H2,1H3,(H,9,10)/t5?,6-,7?/m0/s1. The molecule has 0 saturated carbocycles. The Morgan fingerprint density at radius 2 is 2.42 bits per heavy atom. The third-order valence-electron chi connectivity index (χ3n) is 2.59. The van der Waals surface area contributed by atoms with Gasteiger partial charge >= 0.3 is 6.09 Å². The van der Waals surface area contributed by atoms with Crippen LogP contribution in [0.3, 0.4) is 0 Å². The summed E-state index contributed by atoms with van der Waals surface area (Å²) in [6, 6.07) is 0.177. The first-order valence-corrected chi connectivity index (χ1v) is 4.29. The van der Waals surface area contributed by atoms with Gasteiger partial charge in [0.2, 0.25) is 0 Å². The van der Waals surface area contributed by atoms with Crippen molar-refractivity contribution in [2.75, 3.05) is 7.11 Å². The fourth-order valence-electron chi connectivity index (χ4n) is 2.00. The van der Waals surface area contributed by atoms with Gasteiger partial charge in [-0.2, -0.15) is 0 Å². The lowest BCUT2D eigenvalue weighted by atomic mass is 9.96. The fourth-order valence-corrected chi connectivity index (χ4v) is 2.00. The van der Waals surface area contributed by atoms with Crippen molar-refractivity contribution in [2.24, 2.45) is 0 Å². The molecule has 2 fully saturated rings. The summed E-state index contributed by atoms with van der Waals surface area (Å²) in [7, 11) is 1.38. The number of amides is 1. The van der Waals surface area contributed by atoms with Gasteiger partial charge in [-0.1, -0.05) is 0 Å². The monoisotopic (exact) mass is 171 g/mol. The van der Waals surface area contributed by atoms with Gasteiger partial charge < -0.3 is 14.8 Å². The van der Waals surface area contributed by atoms with E-state index in [-0.39, 0.29) is 18.2 Å². The molecule has 12 heavy (non-hydrogen) atoms. The molecule has 1 N–H and O–H groups in total. The highest BCUT2D eigenvalue weighted by molar-refractivity contribution is 5.67. The number of hydrogen-bond donors (Lipinski definition) is 1. The molecule has 2 unspecified atom stereocenters. The minimum atomic E-state index is -0.351. The number of ether oxygens (including phenoxy) is 2. The average molecular weight is 171 g/mol. The van der Waals surface area contributed by atoms with E-state index in [2.05, 4.69) is 10.1 Å². The summed E-state index contributed by atoms with van der Waals surface area (Å²) in [4.78, 5) is 10.9. The van der Waals surface area contributed by atoms with E-state index in [0.29, 0.717) is 6.10 Å². The van der Waals surface area contributed by atoms with Crippen LogP contribution in [0.25, 0.3) is 0 Å². The Labute approximate surface area is 71.2 Å². The Bertz CT molecular complexity index is 195. The number of hydrogen-bond acceptors (Lipinski definition) is 3. The molecular formula is C8H13NO3. The van der Waals surface area contributed by atoms with Crippen molar-refractivity contribution in [3.8, 4) is 0 Å². The number of rotatable bonds is 1. The van der Waals surface area contributed by atoms with Gasteiger partial charge in [0.15, 0.2) is 0 Å². The van der Waals surface area contributed by atoms with Crippen molar-refractivity contribution in [1.82, 2.24) is 5.32 Å². The average Bonchev–Trinajstić information content (AvgIpc) is 2.64.